The van der Waals surface area contributed by atoms with Crippen molar-refractivity contribution < 1.29 is 22.7 Å². The van der Waals surface area contributed by atoms with E-state index in [-0.39, 0.29) is 5.69 Å². The number of Topliss-reactive ketones (excluding diaryl/α,β-unsaturated/α-hetero) is 1. The number of nitrogens with zero attached hydrogens (tertiary/aromatic N) is 2. The lowest BCUT2D eigenvalue weighted by Crippen LogP contribution is -2.37. The summed E-state index contributed by atoms with van der Waals surface area (Å²) in [4.78, 5) is 24.3. The van der Waals surface area contributed by atoms with Gasteiger partial charge >= 0.3 is 5.91 Å². The second-order valence-electron chi connectivity index (χ2n) is 7.99. The van der Waals surface area contributed by atoms with Crippen molar-refractivity contribution in [2.24, 2.45) is 0 Å². The van der Waals surface area contributed by atoms with E-state index < -0.39 is 28.3 Å². The zero-order chi connectivity index (χ0) is 25.0. The van der Waals surface area contributed by atoms with E-state index >= 15 is 0 Å². The third-order valence-corrected chi connectivity index (χ3v) is 6.42. The normalized spacial score (nSPS) is 11.3. The number of aryl methyl sites for hydroxylation is 3. The van der Waals surface area contributed by atoms with Crippen molar-refractivity contribution in [1.29, 1.82) is 5.26 Å². The fourth-order valence-corrected chi connectivity index (χ4v) is 4.35. The Morgan fingerprint density at radius 3 is 2.44 bits per heavy atom. The van der Waals surface area contributed by atoms with E-state index in [0.29, 0.717) is 35.7 Å². The summed E-state index contributed by atoms with van der Waals surface area (Å²) in [5, 5.41) is 11.3. The number of hydrogen-bond acceptors (Lipinski definition) is 6. The average molecular weight is 502 g/mol. The van der Waals surface area contributed by atoms with Gasteiger partial charge in [-0.15, -0.1) is 0 Å². The molecule has 0 spiro atoms. The second-order valence-corrected chi connectivity index (χ2v) is 10.1. The molecule has 0 atom stereocenters. The summed E-state index contributed by atoms with van der Waals surface area (Å²) in [6, 6.07) is 13.0. The number of nitrogens with one attached hydrogen (secondary N) is 1. The Balaban J connectivity index is 1.80. The van der Waals surface area contributed by atoms with E-state index in [1.807, 2.05) is 38.1 Å². The van der Waals surface area contributed by atoms with Crippen LogP contribution in [0.2, 0.25) is 5.02 Å². The van der Waals surface area contributed by atoms with Crippen LogP contribution < -0.4 is 9.46 Å². The summed E-state index contributed by atoms with van der Waals surface area (Å²) in [6.45, 7) is 3.77. The lowest BCUT2D eigenvalue weighted by molar-refractivity contribution is -0.137. The summed E-state index contributed by atoms with van der Waals surface area (Å²) < 4.78 is 31.5. The molecular weight excluding hydrogens is 478 g/mol. The number of fused-ring (bicyclic) bond motifs is 1. The number of nitriles is 1. The van der Waals surface area contributed by atoms with Crippen molar-refractivity contribution in [2.75, 3.05) is 12.9 Å². The molecule has 3 aromatic rings. The average Bonchev–Trinajstić information content (AvgIpc) is 3.06. The number of para-hydroxylation sites is 1. The Morgan fingerprint density at radius 1 is 1.18 bits per heavy atom. The first-order chi connectivity index (χ1) is 16.0. The molecule has 0 radical (unpaired) electrons. The predicted molar refractivity (Wildman–Crippen MR) is 129 cm³/mol. The predicted octanol–water partition coefficient (Wildman–Crippen LogP) is 3.44. The molecule has 0 unspecified atom stereocenters. The molecule has 2 aromatic carbocycles. The number of sulfonamides is 1. The number of amides is 1. The number of benzene rings is 2. The molecule has 10 heteroatoms. The largest absolute Gasteiger partial charge is 0.494 e. The Hall–Kier alpha value is -3.35. The van der Waals surface area contributed by atoms with Gasteiger partial charge in [-0.25, -0.2) is 13.1 Å². The standard InChI is InChI=1S/C24H24ClN3O5S/c1-15-11-17(12-16(2)23(15)25)33-10-6-8-19-18-7-4-5-9-20(18)28(21(19)13-26)14-22(29)24(30)27-34(3,31)32/h4-5,7,9,11-12H,6,8,10,14H2,1-3H3,(H,27,30). The van der Waals surface area contributed by atoms with Gasteiger partial charge < -0.3 is 9.30 Å². The van der Waals surface area contributed by atoms with Crippen LogP contribution in [0.25, 0.3) is 10.9 Å². The Kier molecular flexibility index (Phi) is 7.64. The molecule has 1 heterocycles. The first-order valence-corrected chi connectivity index (χ1v) is 12.7. The number of ketones is 1. The van der Waals surface area contributed by atoms with Crippen LogP contribution in [-0.4, -0.2) is 37.5 Å². The van der Waals surface area contributed by atoms with Crippen LogP contribution in [0, 0.1) is 25.2 Å². The Morgan fingerprint density at radius 2 is 1.82 bits per heavy atom. The van der Waals surface area contributed by atoms with Gasteiger partial charge in [-0.3, -0.25) is 9.59 Å². The molecular formula is C24H24ClN3O5S. The lowest BCUT2D eigenvalue weighted by atomic mass is 10.1. The van der Waals surface area contributed by atoms with Crippen molar-refractivity contribution >= 4 is 44.2 Å². The highest BCUT2D eigenvalue weighted by Crippen LogP contribution is 2.28. The summed E-state index contributed by atoms with van der Waals surface area (Å²) in [5.41, 5.74) is 3.45. The molecule has 0 aliphatic heterocycles. The van der Waals surface area contributed by atoms with Crippen molar-refractivity contribution in [3.63, 3.8) is 0 Å². The van der Waals surface area contributed by atoms with Crippen molar-refractivity contribution in [1.82, 2.24) is 9.29 Å². The first kappa shape index (κ1) is 25.3. The number of rotatable bonds is 9. The summed E-state index contributed by atoms with van der Waals surface area (Å²) in [6.07, 6.45) is 1.90. The number of aromatic nitrogens is 1. The Bertz CT molecular complexity index is 1400. The summed E-state index contributed by atoms with van der Waals surface area (Å²) in [5.74, 6) is -1.50. The van der Waals surface area contributed by atoms with Gasteiger partial charge in [-0.2, -0.15) is 5.26 Å². The number of ether oxygens (including phenoxy) is 1. The second kappa shape index (κ2) is 10.3. The van der Waals surface area contributed by atoms with Gasteiger partial charge in [0.2, 0.25) is 15.8 Å². The van der Waals surface area contributed by atoms with E-state index in [0.717, 1.165) is 28.3 Å². The molecule has 3 rings (SSSR count). The van der Waals surface area contributed by atoms with Crippen LogP contribution in [0.1, 0.15) is 28.8 Å². The van der Waals surface area contributed by atoms with Crippen LogP contribution in [-0.2, 0) is 32.6 Å². The van der Waals surface area contributed by atoms with Crippen LogP contribution in [0.4, 0.5) is 0 Å². The minimum atomic E-state index is -3.88. The number of hydrogen-bond donors (Lipinski definition) is 1. The zero-order valence-electron chi connectivity index (χ0n) is 19.0. The molecule has 178 valence electrons. The molecule has 0 bridgehead atoms. The third-order valence-electron chi connectivity index (χ3n) is 5.26. The van der Waals surface area contributed by atoms with Crippen molar-refractivity contribution in [3.8, 4) is 11.8 Å². The number of carbonyl (C=O) groups excluding carboxylic acids is 2. The minimum Gasteiger partial charge on any atom is -0.494 e. The van der Waals surface area contributed by atoms with Gasteiger partial charge in [0, 0.05) is 15.9 Å². The highest BCUT2D eigenvalue weighted by Gasteiger charge is 2.23. The molecule has 1 aromatic heterocycles. The van der Waals surface area contributed by atoms with Gasteiger partial charge in [0.05, 0.1) is 19.4 Å². The van der Waals surface area contributed by atoms with Gasteiger partial charge in [0.1, 0.15) is 17.5 Å². The molecule has 0 aliphatic carbocycles. The first-order valence-electron chi connectivity index (χ1n) is 10.5. The quantitative estimate of drug-likeness (QED) is 0.354. The maximum Gasteiger partial charge on any atom is 0.302 e. The molecule has 0 aliphatic rings. The molecule has 0 fully saturated rings. The Labute approximate surface area is 203 Å². The fraction of sp³-hybridized carbons (Fsp3) is 0.292. The molecule has 34 heavy (non-hydrogen) atoms. The van der Waals surface area contributed by atoms with Crippen LogP contribution in [0.15, 0.2) is 36.4 Å². The SMILES string of the molecule is Cc1cc(OCCCc2c(C#N)n(CC(=O)C(=O)NS(C)(=O)=O)c3ccccc23)cc(C)c1Cl. The number of halogens is 1. The van der Waals surface area contributed by atoms with Crippen LogP contribution in [0.3, 0.4) is 0 Å². The topological polar surface area (TPSA) is 118 Å². The fourth-order valence-electron chi connectivity index (χ4n) is 3.79. The van der Waals surface area contributed by atoms with Crippen LogP contribution in [0.5, 0.6) is 5.75 Å². The van der Waals surface area contributed by atoms with Gasteiger partial charge in [0.25, 0.3) is 0 Å². The molecule has 0 saturated heterocycles. The number of carbonyl (C=O) groups is 2. The monoisotopic (exact) mass is 501 g/mol. The van der Waals surface area contributed by atoms with E-state index in [2.05, 4.69) is 6.07 Å². The van der Waals surface area contributed by atoms with E-state index in [1.165, 1.54) is 4.57 Å². The summed E-state index contributed by atoms with van der Waals surface area (Å²) >= 11 is 6.20. The molecule has 8 nitrogen and oxygen atoms in total. The van der Waals surface area contributed by atoms with Crippen LogP contribution >= 0.6 is 11.6 Å². The van der Waals surface area contributed by atoms with E-state index in [4.69, 9.17) is 16.3 Å². The van der Waals surface area contributed by atoms with Gasteiger partial charge in [0.15, 0.2) is 0 Å². The highest BCUT2D eigenvalue weighted by molar-refractivity contribution is 7.89. The molecule has 1 amide bonds. The molecule has 0 saturated carbocycles. The smallest absolute Gasteiger partial charge is 0.302 e. The third kappa shape index (κ3) is 5.76. The van der Waals surface area contributed by atoms with Gasteiger partial charge in [-0.1, -0.05) is 29.8 Å². The maximum atomic E-state index is 12.4. The molecule has 1 N–H and O–H groups in total. The van der Waals surface area contributed by atoms with E-state index in [9.17, 15) is 23.3 Å². The van der Waals surface area contributed by atoms with Crippen molar-refractivity contribution in [3.05, 3.63) is 63.8 Å². The zero-order valence-corrected chi connectivity index (χ0v) is 20.6. The summed E-state index contributed by atoms with van der Waals surface area (Å²) in [7, 11) is -3.88. The highest BCUT2D eigenvalue weighted by atomic mass is 35.5. The van der Waals surface area contributed by atoms with Gasteiger partial charge in [-0.05, 0) is 61.6 Å². The lowest BCUT2D eigenvalue weighted by Gasteiger charge is -2.10. The van der Waals surface area contributed by atoms with E-state index in [1.54, 1.807) is 16.9 Å². The minimum absolute atomic E-state index is 0.250. The maximum absolute atomic E-state index is 12.4. The van der Waals surface area contributed by atoms with Crippen molar-refractivity contribution in [2.45, 2.75) is 33.2 Å².